The summed E-state index contributed by atoms with van der Waals surface area (Å²) in [6.45, 7) is 2.01. The van der Waals surface area contributed by atoms with Crippen molar-refractivity contribution in [3.05, 3.63) is 46.6 Å². The minimum atomic E-state index is 0.499. The van der Waals surface area contributed by atoms with Crippen molar-refractivity contribution in [3.63, 3.8) is 0 Å². The highest BCUT2D eigenvalue weighted by Crippen LogP contribution is 2.24. The van der Waals surface area contributed by atoms with Gasteiger partial charge in [0.05, 0.1) is 0 Å². The Morgan fingerprint density at radius 2 is 2.13 bits per heavy atom. The second-order valence-electron chi connectivity index (χ2n) is 3.07. The Balaban J connectivity index is 2.22. The zero-order valence-corrected chi connectivity index (χ0v) is 9.73. The zero-order chi connectivity index (χ0) is 10.7. The van der Waals surface area contributed by atoms with Crippen molar-refractivity contribution in [2.75, 3.05) is 0 Å². The number of hydrogen-bond acceptors (Lipinski definition) is 3. The van der Waals surface area contributed by atoms with Gasteiger partial charge in [0.2, 0.25) is 5.88 Å². The second-order valence-corrected chi connectivity index (χ2v) is 3.93. The number of nitrogens with zero attached hydrogens (tertiary/aromatic N) is 2. The normalized spacial score (nSPS) is 10.0. The van der Waals surface area contributed by atoms with Crippen molar-refractivity contribution < 1.29 is 4.74 Å². The van der Waals surface area contributed by atoms with E-state index in [1.54, 1.807) is 18.3 Å². The molecule has 0 unspecified atom stereocenters. The van der Waals surface area contributed by atoms with E-state index in [0.29, 0.717) is 5.88 Å². The van der Waals surface area contributed by atoms with Crippen LogP contribution in [0.2, 0.25) is 0 Å². The van der Waals surface area contributed by atoms with Gasteiger partial charge in [-0.2, -0.15) is 5.10 Å². The van der Waals surface area contributed by atoms with Crippen molar-refractivity contribution >= 4 is 15.9 Å². The van der Waals surface area contributed by atoms with E-state index in [4.69, 9.17) is 4.74 Å². The number of aryl methyl sites for hydroxylation is 1. The summed E-state index contributed by atoms with van der Waals surface area (Å²) < 4.78 is 6.58. The van der Waals surface area contributed by atoms with E-state index in [1.807, 2.05) is 25.1 Å². The first-order chi connectivity index (χ1) is 7.25. The molecule has 76 valence electrons. The minimum absolute atomic E-state index is 0.499. The highest BCUT2D eigenvalue weighted by molar-refractivity contribution is 9.10. The van der Waals surface area contributed by atoms with Crippen LogP contribution in [-0.2, 0) is 0 Å². The molecule has 0 saturated heterocycles. The molecule has 3 nitrogen and oxygen atoms in total. The maximum atomic E-state index is 5.52. The molecule has 0 radical (unpaired) electrons. The van der Waals surface area contributed by atoms with Crippen LogP contribution < -0.4 is 4.74 Å². The third-order valence-electron chi connectivity index (χ3n) is 1.90. The van der Waals surface area contributed by atoms with E-state index in [0.717, 1.165) is 15.8 Å². The maximum absolute atomic E-state index is 5.52. The Hall–Kier alpha value is -1.42. The first kappa shape index (κ1) is 10.1. The summed E-state index contributed by atoms with van der Waals surface area (Å²) in [5.41, 5.74) is 1.12. The molecule has 2 rings (SSSR count). The van der Waals surface area contributed by atoms with E-state index < -0.39 is 0 Å². The van der Waals surface area contributed by atoms with Gasteiger partial charge >= 0.3 is 0 Å². The lowest BCUT2D eigenvalue weighted by Crippen LogP contribution is -1.89. The zero-order valence-electron chi connectivity index (χ0n) is 8.14. The summed E-state index contributed by atoms with van der Waals surface area (Å²) in [5.74, 6) is 1.26. The standard InChI is InChI=1S/C11H9BrN2O/c1-8-7-9(4-5-10(8)12)15-11-3-2-6-13-14-11/h2-7H,1H3. The largest absolute Gasteiger partial charge is 0.438 e. The van der Waals surface area contributed by atoms with Gasteiger partial charge < -0.3 is 4.74 Å². The highest BCUT2D eigenvalue weighted by atomic mass is 79.9. The van der Waals surface area contributed by atoms with Crippen LogP contribution in [0.1, 0.15) is 5.56 Å². The topological polar surface area (TPSA) is 35.0 Å². The van der Waals surface area contributed by atoms with Crippen LogP contribution in [0, 0.1) is 6.92 Å². The fourth-order valence-corrected chi connectivity index (χ4v) is 1.39. The summed E-state index contributed by atoms with van der Waals surface area (Å²) in [5, 5.41) is 7.58. The Morgan fingerprint density at radius 3 is 2.80 bits per heavy atom. The molecule has 0 N–H and O–H groups in total. The lowest BCUT2D eigenvalue weighted by molar-refractivity contribution is 0.455. The van der Waals surface area contributed by atoms with Gasteiger partial charge in [0.1, 0.15) is 5.75 Å². The molecule has 0 aliphatic rings. The molecule has 0 saturated carbocycles. The molecular formula is C11H9BrN2O. The summed E-state index contributed by atoms with van der Waals surface area (Å²) in [4.78, 5) is 0. The quantitative estimate of drug-likeness (QED) is 0.835. The monoisotopic (exact) mass is 264 g/mol. The summed E-state index contributed by atoms with van der Waals surface area (Å²) in [6, 6.07) is 9.32. The number of hydrogen-bond donors (Lipinski definition) is 0. The third kappa shape index (κ3) is 2.53. The number of halogens is 1. The first-order valence-corrected chi connectivity index (χ1v) is 5.27. The average Bonchev–Trinajstić information content (AvgIpc) is 2.25. The third-order valence-corrected chi connectivity index (χ3v) is 2.79. The predicted octanol–water partition coefficient (Wildman–Crippen LogP) is 3.34. The van der Waals surface area contributed by atoms with Crippen LogP contribution >= 0.6 is 15.9 Å². The van der Waals surface area contributed by atoms with Crippen molar-refractivity contribution in [2.24, 2.45) is 0 Å². The predicted molar refractivity (Wildman–Crippen MR) is 61.0 cm³/mol. The SMILES string of the molecule is Cc1cc(Oc2cccnn2)ccc1Br. The number of aromatic nitrogens is 2. The highest BCUT2D eigenvalue weighted by Gasteiger charge is 2.00. The average molecular weight is 265 g/mol. The Labute approximate surface area is 96.2 Å². The van der Waals surface area contributed by atoms with Gasteiger partial charge in [-0.15, -0.1) is 5.10 Å². The van der Waals surface area contributed by atoms with Gasteiger partial charge in [0.15, 0.2) is 0 Å². The smallest absolute Gasteiger partial charge is 0.238 e. The van der Waals surface area contributed by atoms with Crippen LogP contribution in [-0.4, -0.2) is 10.2 Å². The molecule has 0 atom stereocenters. The molecule has 1 aromatic carbocycles. The number of rotatable bonds is 2. The fraction of sp³-hybridized carbons (Fsp3) is 0.0909. The van der Waals surface area contributed by atoms with E-state index in [-0.39, 0.29) is 0 Å². The van der Waals surface area contributed by atoms with Gasteiger partial charge in [-0.3, -0.25) is 0 Å². The van der Waals surface area contributed by atoms with E-state index >= 15 is 0 Å². The molecule has 0 spiro atoms. The van der Waals surface area contributed by atoms with Gasteiger partial charge in [-0.05, 0) is 36.8 Å². The maximum Gasteiger partial charge on any atom is 0.238 e. The summed E-state index contributed by atoms with van der Waals surface area (Å²) in [7, 11) is 0. The number of ether oxygens (including phenoxy) is 1. The van der Waals surface area contributed by atoms with Crippen LogP contribution in [0.5, 0.6) is 11.6 Å². The molecule has 4 heteroatoms. The fourth-order valence-electron chi connectivity index (χ4n) is 1.14. The molecule has 1 heterocycles. The van der Waals surface area contributed by atoms with Crippen molar-refractivity contribution in [3.8, 4) is 11.6 Å². The summed E-state index contributed by atoms with van der Waals surface area (Å²) in [6.07, 6.45) is 1.61. The van der Waals surface area contributed by atoms with E-state index in [1.165, 1.54) is 0 Å². The molecule has 0 bridgehead atoms. The van der Waals surface area contributed by atoms with E-state index in [9.17, 15) is 0 Å². The Bertz CT molecular complexity index is 459. The van der Waals surface area contributed by atoms with E-state index in [2.05, 4.69) is 26.1 Å². The Kier molecular flexibility index (Phi) is 2.97. The van der Waals surface area contributed by atoms with Crippen LogP contribution in [0.3, 0.4) is 0 Å². The molecule has 0 fully saturated rings. The van der Waals surface area contributed by atoms with Gasteiger partial charge in [0, 0.05) is 16.7 Å². The first-order valence-electron chi connectivity index (χ1n) is 4.47. The van der Waals surface area contributed by atoms with Crippen molar-refractivity contribution in [1.29, 1.82) is 0 Å². The van der Waals surface area contributed by atoms with Gasteiger partial charge in [-0.1, -0.05) is 15.9 Å². The molecule has 2 aromatic rings. The second kappa shape index (κ2) is 4.40. The molecule has 0 amide bonds. The number of benzene rings is 1. The molecule has 0 aliphatic carbocycles. The van der Waals surface area contributed by atoms with Gasteiger partial charge in [0.25, 0.3) is 0 Å². The van der Waals surface area contributed by atoms with Crippen LogP contribution in [0.4, 0.5) is 0 Å². The lowest BCUT2D eigenvalue weighted by Gasteiger charge is -2.05. The minimum Gasteiger partial charge on any atom is -0.438 e. The van der Waals surface area contributed by atoms with Gasteiger partial charge in [-0.25, -0.2) is 0 Å². The lowest BCUT2D eigenvalue weighted by atomic mass is 10.2. The molecule has 0 aliphatic heterocycles. The summed E-state index contributed by atoms with van der Waals surface area (Å²) >= 11 is 3.43. The molecule has 15 heavy (non-hydrogen) atoms. The van der Waals surface area contributed by atoms with Crippen LogP contribution in [0.25, 0.3) is 0 Å². The van der Waals surface area contributed by atoms with Crippen molar-refractivity contribution in [1.82, 2.24) is 10.2 Å². The van der Waals surface area contributed by atoms with Crippen LogP contribution in [0.15, 0.2) is 41.0 Å². The van der Waals surface area contributed by atoms with Crippen molar-refractivity contribution in [2.45, 2.75) is 6.92 Å². The Morgan fingerprint density at radius 1 is 1.27 bits per heavy atom. The molecule has 1 aromatic heterocycles. The molecular weight excluding hydrogens is 256 g/mol.